The Hall–Kier alpha value is -4.47. The van der Waals surface area contributed by atoms with E-state index in [1.807, 2.05) is 19.3 Å². The minimum atomic E-state index is -0.154. The molecule has 0 saturated carbocycles. The summed E-state index contributed by atoms with van der Waals surface area (Å²) >= 11 is 0. The first-order valence-electron chi connectivity index (χ1n) is 12.3. The van der Waals surface area contributed by atoms with Crippen molar-refractivity contribution in [1.82, 2.24) is 9.88 Å². The minimum absolute atomic E-state index is 0.154. The number of fused-ring (bicyclic) bond motifs is 3. The number of hydrogen-bond donors (Lipinski definition) is 1. The van der Waals surface area contributed by atoms with E-state index in [2.05, 4.69) is 131 Å². The first-order chi connectivity index (χ1) is 17.8. The van der Waals surface area contributed by atoms with Crippen molar-refractivity contribution < 1.29 is 0 Å². The van der Waals surface area contributed by atoms with E-state index in [1.54, 1.807) is 0 Å². The molecule has 0 aliphatic rings. The maximum atomic E-state index is 4.92. The number of para-hydroxylation sites is 2. The van der Waals surface area contributed by atoms with Crippen molar-refractivity contribution in [3.63, 3.8) is 0 Å². The minimum Gasteiger partial charge on any atom is -0.309 e. The molecule has 0 fully saturated rings. The van der Waals surface area contributed by atoms with Crippen LogP contribution in [0.3, 0.4) is 0 Å². The van der Waals surface area contributed by atoms with Crippen molar-refractivity contribution in [1.29, 1.82) is 0 Å². The van der Waals surface area contributed by atoms with Gasteiger partial charge in [0.15, 0.2) is 0 Å². The fourth-order valence-electron chi connectivity index (χ4n) is 4.95. The lowest BCUT2D eigenvalue weighted by Crippen LogP contribution is -2.14. The van der Waals surface area contributed by atoms with Crippen molar-refractivity contribution in [2.24, 2.45) is 4.99 Å². The fraction of sp³-hybridized carbons (Fsp3) is 0.0606. The molecule has 36 heavy (non-hydrogen) atoms. The van der Waals surface area contributed by atoms with Gasteiger partial charge in [-0.3, -0.25) is 10.3 Å². The molecule has 1 heterocycles. The van der Waals surface area contributed by atoms with E-state index < -0.39 is 0 Å². The molecule has 1 atom stereocenters. The summed E-state index contributed by atoms with van der Waals surface area (Å²) in [6, 6.07) is 44.8. The van der Waals surface area contributed by atoms with Crippen molar-refractivity contribution in [3.05, 3.63) is 139 Å². The Bertz CT molecular complexity index is 1620. The van der Waals surface area contributed by atoms with Crippen molar-refractivity contribution >= 4 is 28.0 Å². The third-order valence-electron chi connectivity index (χ3n) is 6.66. The Kier molecular flexibility index (Phi) is 5.90. The van der Waals surface area contributed by atoms with Gasteiger partial charge in [-0.15, -0.1) is 0 Å². The van der Waals surface area contributed by atoms with E-state index >= 15 is 0 Å². The van der Waals surface area contributed by atoms with E-state index in [-0.39, 0.29) is 6.17 Å². The van der Waals surface area contributed by atoms with Crippen LogP contribution >= 0.6 is 0 Å². The number of nitrogens with zero attached hydrogens (tertiary/aromatic N) is 2. The van der Waals surface area contributed by atoms with Crippen LogP contribution < -0.4 is 5.32 Å². The SMILES string of the molecule is CNC(/N=C/c1cccc(-c2ccccc2)c1)c1cccc(-n2c3ccccc3c3ccccc32)c1. The molecule has 6 aromatic rings. The van der Waals surface area contributed by atoms with E-state index in [1.165, 1.54) is 32.9 Å². The summed E-state index contributed by atoms with van der Waals surface area (Å²) in [6.45, 7) is 0. The first-order valence-corrected chi connectivity index (χ1v) is 12.3. The average Bonchev–Trinajstić information content (AvgIpc) is 3.29. The summed E-state index contributed by atoms with van der Waals surface area (Å²) < 4.78 is 2.34. The zero-order valence-corrected chi connectivity index (χ0v) is 20.2. The molecule has 0 saturated heterocycles. The summed E-state index contributed by atoms with van der Waals surface area (Å²) in [5, 5.41) is 5.90. The van der Waals surface area contributed by atoms with Crippen LogP contribution in [0.2, 0.25) is 0 Å². The molecule has 6 rings (SSSR count). The zero-order valence-electron chi connectivity index (χ0n) is 20.2. The van der Waals surface area contributed by atoms with Gasteiger partial charge < -0.3 is 4.57 Å². The quantitative estimate of drug-likeness (QED) is 0.250. The van der Waals surface area contributed by atoms with Gasteiger partial charge in [0.05, 0.1) is 11.0 Å². The lowest BCUT2D eigenvalue weighted by molar-refractivity contribution is 0.627. The molecule has 5 aromatic carbocycles. The fourth-order valence-corrected chi connectivity index (χ4v) is 4.95. The van der Waals surface area contributed by atoms with Crippen LogP contribution in [0.25, 0.3) is 38.6 Å². The van der Waals surface area contributed by atoms with Crippen LogP contribution in [0.1, 0.15) is 17.3 Å². The first kappa shape index (κ1) is 22.0. The number of rotatable bonds is 6. The molecule has 174 valence electrons. The van der Waals surface area contributed by atoms with E-state index in [4.69, 9.17) is 4.99 Å². The predicted molar refractivity (Wildman–Crippen MR) is 152 cm³/mol. The Morgan fingerprint density at radius 3 is 2.00 bits per heavy atom. The largest absolute Gasteiger partial charge is 0.309 e. The number of hydrogen-bond acceptors (Lipinski definition) is 2. The Labute approximate surface area is 211 Å². The maximum absolute atomic E-state index is 4.92. The molecule has 1 N–H and O–H groups in total. The highest BCUT2D eigenvalue weighted by molar-refractivity contribution is 6.09. The summed E-state index contributed by atoms with van der Waals surface area (Å²) in [4.78, 5) is 4.92. The van der Waals surface area contributed by atoms with Crippen LogP contribution in [-0.4, -0.2) is 17.8 Å². The van der Waals surface area contributed by atoms with Crippen molar-refractivity contribution in [2.75, 3.05) is 7.05 Å². The van der Waals surface area contributed by atoms with Crippen LogP contribution in [0.15, 0.2) is 132 Å². The van der Waals surface area contributed by atoms with Gasteiger partial charge in [-0.2, -0.15) is 0 Å². The number of aromatic nitrogens is 1. The van der Waals surface area contributed by atoms with E-state index in [0.717, 1.165) is 16.8 Å². The molecule has 1 aromatic heterocycles. The summed E-state index contributed by atoms with van der Waals surface area (Å²) in [5.74, 6) is 0. The monoisotopic (exact) mass is 465 g/mol. The second kappa shape index (κ2) is 9.65. The highest BCUT2D eigenvalue weighted by atomic mass is 15.0. The Morgan fingerprint density at radius 1 is 0.639 bits per heavy atom. The highest BCUT2D eigenvalue weighted by Gasteiger charge is 2.13. The molecule has 3 heteroatoms. The standard InChI is InChI=1S/C33H27N3/c1-34-33(35-23-24-11-9-14-26(21-24)25-12-3-2-4-13-25)27-15-10-16-28(22-27)36-31-19-7-5-17-29(31)30-18-6-8-20-32(30)36/h2-23,33-34H,1H3/b35-23+. The average molecular weight is 466 g/mol. The van der Waals surface area contributed by atoms with Gasteiger partial charge in [-0.25, -0.2) is 0 Å². The molecular weight excluding hydrogens is 438 g/mol. The Morgan fingerprint density at radius 2 is 1.28 bits per heavy atom. The molecule has 0 amide bonds. The highest BCUT2D eigenvalue weighted by Crippen LogP contribution is 2.32. The summed E-state index contributed by atoms with van der Waals surface area (Å²) in [7, 11) is 1.95. The smallest absolute Gasteiger partial charge is 0.125 e. The van der Waals surface area contributed by atoms with Crippen molar-refractivity contribution in [2.45, 2.75) is 6.17 Å². The van der Waals surface area contributed by atoms with Crippen LogP contribution in [0.5, 0.6) is 0 Å². The molecule has 3 nitrogen and oxygen atoms in total. The normalized spacial score (nSPS) is 12.5. The second-order valence-electron chi connectivity index (χ2n) is 8.93. The third kappa shape index (κ3) is 4.10. The van der Waals surface area contributed by atoms with Gasteiger partial charge in [0.1, 0.15) is 6.17 Å². The number of benzene rings is 5. The van der Waals surface area contributed by atoms with Gasteiger partial charge in [0.25, 0.3) is 0 Å². The van der Waals surface area contributed by atoms with Crippen LogP contribution in [0, 0.1) is 0 Å². The molecule has 0 spiro atoms. The molecule has 0 aliphatic heterocycles. The lowest BCUT2D eigenvalue weighted by Gasteiger charge is -2.15. The molecule has 0 aliphatic carbocycles. The van der Waals surface area contributed by atoms with Crippen LogP contribution in [-0.2, 0) is 0 Å². The topological polar surface area (TPSA) is 29.3 Å². The summed E-state index contributed by atoms with van der Waals surface area (Å²) in [5.41, 5.74) is 8.13. The van der Waals surface area contributed by atoms with E-state index in [9.17, 15) is 0 Å². The van der Waals surface area contributed by atoms with Gasteiger partial charge in [-0.1, -0.05) is 97.1 Å². The van der Waals surface area contributed by atoms with Gasteiger partial charge in [0, 0.05) is 22.7 Å². The van der Waals surface area contributed by atoms with Gasteiger partial charge in [0.2, 0.25) is 0 Å². The second-order valence-corrected chi connectivity index (χ2v) is 8.93. The molecule has 1 unspecified atom stereocenters. The van der Waals surface area contributed by atoms with Crippen LogP contribution in [0.4, 0.5) is 0 Å². The van der Waals surface area contributed by atoms with Gasteiger partial charge >= 0.3 is 0 Å². The molecule has 0 bridgehead atoms. The number of aliphatic imine (C=N–C) groups is 1. The molecule has 0 radical (unpaired) electrons. The lowest BCUT2D eigenvalue weighted by atomic mass is 10.0. The maximum Gasteiger partial charge on any atom is 0.125 e. The summed E-state index contributed by atoms with van der Waals surface area (Å²) in [6.07, 6.45) is 1.80. The van der Waals surface area contributed by atoms with Gasteiger partial charge in [-0.05, 0) is 59.6 Å². The predicted octanol–water partition coefficient (Wildman–Crippen LogP) is 7.79. The van der Waals surface area contributed by atoms with E-state index in [0.29, 0.717) is 0 Å². The zero-order chi connectivity index (χ0) is 24.3. The molecular formula is C33H27N3. The number of nitrogens with one attached hydrogen (secondary N) is 1. The van der Waals surface area contributed by atoms with Crippen molar-refractivity contribution in [3.8, 4) is 16.8 Å². The third-order valence-corrected chi connectivity index (χ3v) is 6.66. The Balaban J connectivity index is 1.36.